The van der Waals surface area contributed by atoms with Crippen LogP contribution in [-0.4, -0.2) is 29.4 Å². The van der Waals surface area contributed by atoms with E-state index in [1.807, 2.05) is 12.1 Å². The second-order valence-electron chi connectivity index (χ2n) is 4.23. The van der Waals surface area contributed by atoms with Crippen LogP contribution >= 0.6 is 0 Å². The van der Waals surface area contributed by atoms with Crippen LogP contribution in [0.3, 0.4) is 0 Å². The molecule has 2 rings (SSSR count). The van der Waals surface area contributed by atoms with Crippen molar-refractivity contribution in [2.45, 2.75) is 6.92 Å². The number of hydrogen-bond acceptors (Lipinski definition) is 3. The minimum atomic E-state index is -0.231. The molecular weight excluding hydrogens is 244 g/mol. The number of carbonyl (C=O) groups excluding carboxylic acids is 2. The first-order valence-corrected chi connectivity index (χ1v) is 5.74. The van der Waals surface area contributed by atoms with Gasteiger partial charge in [-0.25, -0.2) is 14.7 Å². The summed E-state index contributed by atoms with van der Waals surface area (Å²) in [6.45, 7) is 1.45. The van der Waals surface area contributed by atoms with Crippen molar-refractivity contribution >= 4 is 29.5 Å². The zero-order chi connectivity index (χ0) is 14.0. The van der Waals surface area contributed by atoms with Crippen LogP contribution in [0.2, 0.25) is 0 Å². The Kier molecular flexibility index (Phi) is 3.33. The molecule has 0 saturated carbocycles. The molecule has 1 aromatic carbocycles. The van der Waals surface area contributed by atoms with E-state index in [2.05, 4.69) is 10.6 Å². The number of nitrogens with one attached hydrogen (secondary N) is 2. The first-order chi connectivity index (χ1) is 8.97. The Balaban J connectivity index is 2.24. The van der Waals surface area contributed by atoms with E-state index in [0.29, 0.717) is 17.3 Å². The Hall–Kier alpha value is -2.63. The van der Waals surface area contributed by atoms with Crippen molar-refractivity contribution in [3.8, 4) is 0 Å². The van der Waals surface area contributed by atoms with E-state index in [1.54, 1.807) is 29.8 Å². The molecule has 0 aliphatic carbocycles. The largest absolute Gasteiger partial charge is 0.356 e. The van der Waals surface area contributed by atoms with Gasteiger partial charge in [-0.3, -0.25) is 10.5 Å². The maximum atomic E-state index is 11.6. The summed E-state index contributed by atoms with van der Waals surface area (Å²) >= 11 is 0. The van der Waals surface area contributed by atoms with E-state index in [9.17, 15) is 9.59 Å². The van der Waals surface area contributed by atoms with Gasteiger partial charge in [0.2, 0.25) is 5.91 Å². The first kappa shape index (κ1) is 12.8. The highest BCUT2D eigenvalue weighted by molar-refractivity contribution is 6.08. The monoisotopic (exact) mass is 259 g/mol. The second kappa shape index (κ2) is 4.93. The lowest BCUT2D eigenvalue weighted by Gasteiger charge is -2.02. The second-order valence-corrected chi connectivity index (χ2v) is 4.23. The summed E-state index contributed by atoms with van der Waals surface area (Å²) in [6.07, 6.45) is 1.73. The fourth-order valence-corrected chi connectivity index (χ4v) is 1.73. The molecule has 19 heavy (non-hydrogen) atoms. The standard InChI is InChI=1S/C13H14N4O2/c1-8(18)15-10-5-3-9(4-6-10)7-11-12(19)16-13(14)17(11)2/h3-7H,1-2H3,(H3,14,15,16,18,19)/p+1. The molecule has 2 amide bonds. The molecule has 0 radical (unpaired) electrons. The Morgan fingerprint density at radius 3 is 2.47 bits per heavy atom. The number of carbonyl (C=O) groups is 2. The maximum Gasteiger partial charge on any atom is 0.356 e. The lowest BCUT2D eigenvalue weighted by atomic mass is 10.1. The molecule has 0 fully saturated rings. The minimum Gasteiger partial charge on any atom is -0.326 e. The van der Waals surface area contributed by atoms with Gasteiger partial charge in [-0.2, -0.15) is 0 Å². The van der Waals surface area contributed by atoms with Crippen LogP contribution in [0.5, 0.6) is 0 Å². The summed E-state index contributed by atoms with van der Waals surface area (Å²) in [7, 11) is 1.71. The Morgan fingerprint density at radius 1 is 1.37 bits per heavy atom. The van der Waals surface area contributed by atoms with E-state index >= 15 is 0 Å². The van der Waals surface area contributed by atoms with Crippen molar-refractivity contribution < 1.29 is 14.2 Å². The number of nitrogens with zero attached hydrogens (tertiary/aromatic N) is 1. The molecule has 0 atom stereocenters. The molecule has 6 nitrogen and oxygen atoms in total. The predicted molar refractivity (Wildman–Crippen MR) is 72.2 cm³/mol. The molecular formula is C13H15N4O2+. The molecule has 1 aromatic rings. The average molecular weight is 259 g/mol. The van der Waals surface area contributed by atoms with Crippen molar-refractivity contribution in [3.63, 3.8) is 0 Å². The SMILES string of the molecule is CC(=O)Nc1ccc(/C=C2\C(=O)NC(N)=[N+]2C)cc1. The third-order valence-corrected chi connectivity index (χ3v) is 2.73. The molecule has 0 spiro atoms. The molecule has 98 valence electrons. The van der Waals surface area contributed by atoms with Crippen molar-refractivity contribution in [2.24, 2.45) is 5.73 Å². The van der Waals surface area contributed by atoms with Crippen LogP contribution in [0.15, 0.2) is 30.0 Å². The van der Waals surface area contributed by atoms with Gasteiger partial charge in [-0.15, -0.1) is 0 Å². The number of nitrogens with two attached hydrogens (primary N) is 1. The van der Waals surface area contributed by atoms with Gasteiger partial charge in [0, 0.05) is 12.6 Å². The number of benzene rings is 1. The number of hydrogen-bond donors (Lipinski definition) is 3. The summed E-state index contributed by atoms with van der Waals surface area (Å²) in [5.41, 5.74) is 7.65. The summed E-state index contributed by atoms with van der Waals surface area (Å²) in [5, 5.41) is 5.21. The van der Waals surface area contributed by atoms with E-state index in [0.717, 1.165) is 5.56 Å². The Labute approximate surface area is 110 Å². The predicted octanol–water partition coefficient (Wildman–Crippen LogP) is 0.0727. The molecule has 1 heterocycles. The lowest BCUT2D eigenvalue weighted by Crippen LogP contribution is -2.32. The maximum absolute atomic E-state index is 11.6. The molecule has 1 aliphatic heterocycles. The van der Waals surface area contributed by atoms with Gasteiger partial charge < -0.3 is 5.32 Å². The van der Waals surface area contributed by atoms with Crippen molar-refractivity contribution in [1.29, 1.82) is 0 Å². The minimum absolute atomic E-state index is 0.122. The van der Waals surface area contributed by atoms with E-state index in [4.69, 9.17) is 5.73 Å². The van der Waals surface area contributed by atoms with Crippen LogP contribution < -0.4 is 16.4 Å². The van der Waals surface area contributed by atoms with Gasteiger partial charge >= 0.3 is 11.9 Å². The highest BCUT2D eigenvalue weighted by atomic mass is 16.2. The van der Waals surface area contributed by atoms with Gasteiger partial charge in [-0.1, -0.05) is 12.1 Å². The zero-order valence-electron chi connectivity index (χ0n) is 10.7. The summed E-state index contributed by atoms with van der Waals surface area (Å²) in [4.78, 5) is 22.5. The van der Waals surface area contributed by atoms with E-state index in [1.165, 1.54) is 6.92 Å². The number of amides is 2. The third kappa shape index (κ3) is 2.79. The van der Waals surface area contributed by atoms with Crippen LogP contribution in [0, 0.1) is 0 Å². The molecule has 0 unspecified atom stereocenters. The fraction of sp³-hybridized carbons (Fsp3) is 0.154. The first-order valence-electron chi connectivity index (χ1n) is 5.74. The Morgan fingerprint density at radius 2 is 2.00 bits per heavy atom. The van der Waals surface area contributed by atoms with Crippen LogP contribution in [0.4, 0.5) is 5.69 Å². The molecule has 0 saturated heterocycles. The number of guanidine groups is 1. The van der Waals surface area contributed by atoms with Gasteiger partial charge in [0.05, 0.1) is 7.05 Å². The Bertz CT molecular complexity index is 600. The summed E-state index contributed by atoms with van der Waals surface area (Å²) in [6, 6.07) is 7.17. The van der Waals surface area contributed by atoms with E-state index < -0.39 is 0 Å². The summed E-state index contributed by atoms with van der Waals surface area (Å²) in [5.74, 6) is -0.0413. The topological polar surface area (TPSA) is 87.2 Å². The van der Waals surface area contributed by atoms with Crippen molar-refractivity contribution in [3.05, 3.63) is 35.5 Å². The van der Waals surface area contributed by atoms with Crippen LogP contribution in [0.1, 0.15) is 12.5 Å². The molecule has 1 aliphatic rings. The molecule has 0 aromatic heterocycles. The summed E-state index contributed by atoms with van der Waals surface area (Å²) < 4.78 is 1.59. The third-order valence-electron chi connectivity index (χ3n) is 2.73. The van der Waals surface area contributed by atoms with E-state index in [-0.39, 0.29) is 11.8 Å². The number of rotatable bonds is 2. The fourth-order valence-electron chi connectivity index (χ4n) is 1.73. The number of anilines is 1. The zero-order valence-corrected chi connectivity index (χ0v) is 10.7. The highest BCUT2D eigenvalue weighted by Gasteiger charge is 2.28. The lowest BCUT2D eigenvalue weighted by molar-refractivity contribution is -0.432. The average Bonchev–Trinajstić information content (AvgIpc) is 2.58. The quantitative estimate of drug-likeness (QED) is 0.519. The van der Waals surface area contributed by atoms with Gasteiger partial charge in [0.1, 0.15) is 0 Å². The number of likely N-dealkylation sites (N-methyl/N-ethyl adjacent to an activating group) is 1. The highest BCUT2D eigenvalue weighted by Crippen LogP contribution is 2.14. The van der Waals surface area contributed by atoms with Crippen molar-refractivity contribution in [1.82, 2.24) is 5.32 Å². The smallest absolute Gasteiger partial charge is 0.326 e. The molecule has 6 heteroatoms. The van der Waals surface area contributed by atoms with Crippen LogP contribution in [0.25, 0.3) is 6.08 Å². The van der Waals surface area contributed by atoms with Crippen LogP contribution in [-0.2, 0) is 9.59 Å². The molecule has 4 N–H and O–H groups in total. The van der Waals surface area contributed by atoms with Gasteiger partial charge in [0.15, 0.2) is 5.70 Å². The van der Waals surface area contributed by atoms with Crippen molar-refractivity contribution in [2.75, 3.05) is 12.4 Å². The normalized spacial score (nSPS) is 16.7. The van der Waals surface area contributed by atoms with Gasteiger partial charge in [-0.05, 0) is 23.8 Å². The van der Waals surface area contributed by atoms with Gasteiger partial charge in [0.25, 0.3) is 0 Å². The molecule has 0 bridgehead atoms.